The zero-order valence-electron chi connectivity index (χ0n) is 32.7. The molecule has 0 aliphatic rings. The van der Waals surface area contributed by atoms with Crippen LogP contribution in [0.25, 0.3) is 0 Å². The molecule has 50 heavy (non-hydrogen) atoms. The van der Waals surface area contributed by atoms with Crippen LogP contribution in [0.1, 0.15) is 73.3 Å². The van der Waals surface area contributed by atoms with Crippen molar-refractivity contribution in [3.63, 3.8) is 0 Å². The van der Waals surface area contributed by atoms with Crippen molar-refractivity contribution in [1.82, 2.24) is 0 Å². The van der Waals surface area contributed by atoms with E-state index >= 15 is 0 Å². The lowest BCUT2D eigenvalue weighted by Gasteiger charge is -2.44. The Hall–Kier alpha value is -2.79. The molecule has 3 atom stereocenters. The molecule has 0 bridgehead atoms. The molecular formula is C43H64O5Si2. The molecule has 0 heterocycles. The number of methoxy groups -OCH3 is 2. The maximum atomic E-state index is 7.49. The van der Waals surface area contributed by atoms with Gasteiger partial charge in [0.05, 0.1) is 32.5 Å². The summed E-state index contributed by atoms with van der Waals surface area (Å²) in [6.45, 7) is 21.5. The highest BCUT2D eigenvalue weighted by atomic mass is 28.4. The van der Waals surface area contributed by atoms with Crippen LogP contribution in [0.5, 0.6) is 5.75 Å². The summed E-state index contributed by atoms with van der Waals surface area (Å²) < 4.78 is 31.7. The molecule has 0 aromatic heterocycles. The van der Waals surface area contributed by atoms with E-state index in [0.717, 1.165) is 30.6 Å². The normalized spacial score (nSPS) is 15.0. The van der Waals surface area contributed by atoms with Gasteiger partial charge in [-0.05, 0) is 77.4 Å². The van der Waals surface area contributed by atoms with E-state index in [4.69, 9.17) is 23.1 Å². The van der Waals surface area contributed by atoms with Crippen molar-refractivity contribution in [3.05, 3.63) is 115 Å². The summed E-state index contributed by atoms with van der Waals surface area (Å²) in [7, 11) is -1.15. The highest BCUT2D eigenvalue weighted by molar-refractivity contribution is 6.99. The first kappa shape index (κ1) is 41.6. The van der Waals surface area contributed by atoms with Gasteiger partial charge in [-0.25, -0.2) is 0 Å². The quantitative estimate of drug-likeness (QED) is 0.0703. The van der Waals surface area contributed by atoms with Crippen molar-refractivity contribution in [2.75, 3.05) is 20.8 Å². The fourth-order valence-electron chi connectivity index (χ4n) is 6.01. The van der Waals surface area contributed by atoms with Gasteiger partial charge < -0.3 is 23.1 Å². The lowest BCUT2D eigenvalue weighted by molar-refractivity contribution is 0.0562. The number of allylic oxidation sites excluding steroid dienone is 1. The smallest absolute Gasteiger partial charge is 0.261 e. The largest absolute Gasteiger partial charge is 0.497 e. The molecule has 0 aliphatic carbocycles. The summed E-state index contributed by atoms with van der Waals surface area (Å²) in [6.07, 6.45) is 11.5. The standard InChI is InChI=1S/C43H64O5Si2/c1-35(47-49(10,11)42(2,3)4)21-15-12-16-22-37(44-8)31-32-39(34-46-33-36-27-29-38(45-9)30-28-36)48-50(43(5,6)7,40-23-17-13-18-24-40)41-25-19-14-20-26-41/h13-14,16-20,22-32,35,37,39H,12,15,21,33-34H2,1-11H3/b22-16-,32-31-/t35-,37-,39-/m0/s1. The average molecular weight is 717 g/mol. The van der Waals surface area contributed by atoms with Crippen molar-refractivity contribution >= 4 is 27.0 Å². The first-order valence-corrected chi connectivity index (χ1v) is 23.0. The lowest BCUT2D eigenvalue weighted by atomic mass is 10.1. The second kappa shape index (κ2) is 19.2. The van der Waals surface area contributed by atoms with E-state index < -0.39 is 16.6 Å². The predicted molar refractivity (Wildman–Crippen MR) is 216 cm³/mol. The molecule has 0 saturated heterocycles. The fraction of sp³-hybridized carbons (Fsp3) is 0.488. The van der Waals surface area contributed by atoms with Crippen LogP contribution in [-0.2, 0) is 24.9 Å². The van der Waals surface area contributed by atoms with E-state index in [1.165, 1.54) is 10.4 Å². The van der Waals surface area contributed by atoms with E-state index in [1.807, 2.05) is 24.3 Å². The molecule has 0 radical (unpaired) electrons. The Balaban J connectivity index is 1.82. The summed E-state index contributed by atoms with van der Waals surface area (Å²) in [5.74, 6) is 0.831. The van der Waals surface area contributed by atoms with Gasteiger partial charge in [-0.1, -0.05) is 139 Å². The van der Waals surface area contributed by atoms with Gasteiger partial charge in [-0.3, -0.25) is 0 Å². The van der Waals surface area contributed by atoms with E-state index in [1.54, 1.807) is 14.2 Å². The molecule has 0 amide bonds. The van der Waals surface area contributed by atoms with Crippen molar-refractivity contribution < 1.29 is 23.1 Å². The maximum Gasteiger partial charge on any atom is 0.261 e. The van der Waals surface area contributed by atoms with Gasteiger partial charge in [-0.2, -0.15) is 0 Å². The van der Waals surface area contributed by atoms with E-state index in [-0.39, 0.29) is 28.4 Å². The van der Waals surface area contributed by atoms with Crippen molar-refractivity contribution in [2.45, 2.75) is 116 Å². The third kappa shape index (κ3) is 11.9. The monoisotopic (exact) mass is 716 g/mol. The van der Waals surface area contributed by atoms with Gasteiger partial charge in [-0.15, -0.1) is 0 Å². The highest BCUT2D eigenvalue weighted by Crippen LogP contribution is 2.39. The van der Waals surface area contributed by atoms with Crippen molar-refractivity contribution in [3.8, 4) is 5.75 Å². The average Bonchev–Trinajstić information content (AvgIpc) is 3.07. The summed E-state index contributed by atoms with van der Waals surface area (Å²) >= 11 is 0. The van der Waals surface area contributed by atoms with Gasteiger partial charge in [0, 0.05) is 13.2 Å². The van der Waals surface area contributed by atoms with Crippen LogP contribution in [0.4, 0.5) is 0 Å². The van der Waals surface area contributed by atoms with Crippen molar-refractivity contribution in [1.29, 1.82) is 0 Å². The predicted octanol–water partition coefficient (Wildman–Crippen LogP) is 9.87. The second-order valence-electron chi connectivity index (χ2n) is 15.8. The highest BCUT2D eigenvalue weighted by Gasteiger charge is 2.51. The van der Waals surface area contributed by atoms with E-state index in [9.17, 15) is 0 Å². The fourth-order valence-corrected chi connectivity index (χ4v) is 12.1. The van der Waals surface area contributed by atoms with E-state index in [2.05, 4.69) is 147 Å². The van der Waals surface area contributed by atoms with Crippen LogP contribution in [0.3, 0.4) is 0 Å². The summed E-state index contributed by atoms with van der Waals surface area (Å²) in [4.78, 5) is 0. The molecule has 3 aromatic rings. The van der Waals surface area contributed by atoms with Crippen molar-refractivity contribution in [2.24, 2.45) is 0 Å². The van der Waals surface area contributed by atoms with Crippen LogP contribution in [-0.4, -0.2) is 55.8 Å². The minimum Gasteiger partial charge on any atom is -0.497 e. The summed E-state index contributed by atoms with van der Waals surface area (Å²) in [6, 6.07) is 29.5. The molecule has 274 valence electrons. The zero-order valence-corrected chi connectivity index (χ0v) is 34.7. The Bertz CT molecular complexity index is 1400. The molecule has 7 heteroatoms. The Labute approximate surface area is 306 Å². The lowest BCUT2D eigenvalue weighted by Crippen LogP contribution is -2.67. The molecule has 5 nitrogen and oxygen atoms in total. The third-order valence-electron chi connectivity index (χ3n) is 9.85. The number of benzene rings is 3. The Morgan fingerprint density at radius 3 is 1.78 bits per heavy atom. The topological polar surface area (TPSA) is 46.2 Å². The molecule has 0 unspecified atom stereocenters. The molecule has 0 fully saturated rings. The van der Waals surface area contributed by atoms with Crippen LogP contribution in [0.15, 0.2) is 109 Å². The van der Waals surface area contributed by atoms with Gasteiger partial charge in [0.1, 0.15) is 5.75 Å². The SMILES string of the molecule is COc1ccc(COC[C@H](/C=C\[C@H](/C=C\CCC[C@H](C)O[Si](C)(C)C(C)(C)C)OC)O[Si](c2ccccc2)(c2ccccc2)C(C)(C)C)cc1. The Kier molecular flexibility index (Phi) is 16.0. The molecule has 0 saturated carbocycles. The molecule has 3 rings (SSSR count). The number of hydrogen-bond acceptors (Lipinski definition) is 5. The van der Waals surface area contributed by atoms with Gasteiger partial charge in [0.25, 0.3) is 8.32 Å². The molecule has 3 aromatic carbocycles. The van der Waals surface area contributed by atoms with Gasteiger partial charge in [0.15, 0.2) is 8.32 Å². The number of ether oxygens (including phenoxy) is 3. The summed E-state index contributed by atoms with van der Waals surface area (Å²) in [5.41, 5.74) is 1.08. The minimum absolute atomic E-state index is 0.163. The number of hydrogen-bond donors (Lipinski definition) is 0. The summed E-state index contributed by atoms with van der Waals surface area (Å²) in [5, 5.41) is 2.53. The molecule has 0 spiro atoms. The van der Waals surface area contributed by atoms with E-state index in [0.29, 0.717) is 13.2 Å². The minimum atomic E-state index is -2.83. The zero-order chi connectivity index (χ0) is 36.8. The van der Waals surface area contributed by atoms with Gasteiger partial charge >= 0.3 is 0 Å². The first-order chi connectivity index (χ1) is 23.6. The Morgan fingerprint density at radius 1 is 0.700 bits per heavy atom. The number of unbranched alkanes of at least 4 members (excludes halogenated alkanes) is 1. The van der Waals surface area contributed by atoms with Crippen LogP contribution in [0.2, 0.25) is 23.2 Å². The molecule has 0 aliphatic heterocycles. The first-order valence-electron chi connectivity index (χ1n) is 18.2. The van der Waals surface area contributed by atoms with Crippen LogP contribution < -0.4 is 15.1 Å². The Morgan fingerprint density at radius 2 is 1.28 bits per heavy atom. The van der Waals surface area contributed by atoms with Gasteiger partial charge in [0.2, 0.25) is 0 Å². The number of rotatable bonds is 19. The van der Waals surface area contributed by atoms with Crippen LogP contribution in [0, 0.1) is 0 Å². The third-order valence-corrected chi connectivity index (χ3v) is 19.5. The second-order valence-corrected chi connectivity index (χ2v) is 24.8. The maximum absolute atomic E-state index is 7.49. The molecule has 0 N–H and O–H groups in total. The van der Waals surface area contributed by atoms with Crippen LogP contribution >= 0.6 is 0 Å². The molecular weight excluding hydrogens is 653 g/mol.